The molecule has 7 nitrogen and oxygen atoms in total. The van der Waals surface area contributed by atoms with E-state index in [4.69, 9.17) is 21.1 Å². The number of nitrogens with one attached hydrogen (secondary N) is 2. The number of amides is 1. The molecular weight excluding hydrogens is 500 g/mol. The smallest absolute Gasteiger partial charge is 0.262 e. The molecule has 0 saturated heterocycles. The Morgan fingerprint density at radius 3 is 2.42 bits per heavy atom. The minimum Gasteiger partial charge on any atom is -0.483 e. The molecule has 0 bridgehead atoms. The van der Waals surface area contributed by atoms with Crippen LogP contribution in [0.25, 0.3) is 0 Å². The van der Waals surface area contributed by atoms with Crippen LogP contribution in [0.3, 0.4) is 0 Å². The van der Waals surface area contributed by atoms with Gasteiger partial charge in [0.2, 0.25) is 10.0 Å². The number of sulfonamides is 1. The second kappa shape index (κ2) is 11.8. The molecule has 2 N–H and O–H groups in total. The lowest BCUT2D eigenvalue weighted by atomic mass is 9.96. The van der Waals surface area contributed by atoms with Crippen molar-refractivity contribution >= 4 is 33.2 Å². The topological polar surface area (TPSA) is 93.7 Å². The van der Waals surface area contributed by atoms with Crippen molar-refractivity contribution in [3.63, 3.8) is 0 Å². The highest BCUT2D eigenvalue weighted by Crippen LogP contribution is 2.32. The summed E-state index contributed by atoms with van der Waals surface area (Å²) in [7, 11) is -3.62. The maximum atomic E-state index is 12.8. The highest BCUT2D eigenvalue weighted by atomic mass is 35.5. The lowest BCUT2D eigenvalue weighted by Crippen LogP contribution is -2.36. The third-order valence-corrected chi connectivity index (χ3v) is 7.68. The molecular formula is C27H29ClN2O5S. The summed E-state index contributed by atoms with van der Waals surface area (Å²) in [6.07, 6.45) is 4.94. The highest BCUT2D eigenvalue weighted by molar-refractivity contribution is 7.89. The fraction of sp³-hybridized carbons (Fsp3) is 0.296. The Morgan fingerprint density at radius 1 is 0.972 bits per heavy atom. The predicted octanol–water partition coefficient (Wildman–Crippen LogP) is 6.07. The van der Waals surface area contributed by atoms with E-state index < -0.39 is 15.9 Å². The third-order valence-electron chi connectivity index (χ3n) is 5.93. The number of anilines is 1. The molecule has 36 heavy (non-hydrogen) atoms. The number of ether oxygens (including phenoxy) is 2. The normalized spacial score (nSPS) is 14.3. The van der Waals surface area contributed by atoms with Crippen molar-refractivity contribution < 1.29 is 22.7 Å². The maximum Gasteiger partial charge on any atom is 0.262 e. The average molecular weight is 529 g/mol. The lowest BCUT2D eigenvalue weighted by molar-refractivity contribution is -0.118. The third kappa shape index (κ3) is 7.00. The van der Waals surface area contributed by atoms with Gasteiger partial charge < -0.3 is 14.8 Å². The molecule has 4 rings (SSSR count). The molecule has 1 fully saturated rings. The molecule has 0 aliphatic heterocycles. The highest BCUT2D eigenvalue weighted by Gasteiger charge is 2.22. The van der Waals surface area contributed by atoms with Crippen molar-refractivity contribution in [1.82, 2.24) is 4.72 Å². The van der Waals surface area contributed by atoms with Crippen LogP contribution in [0.2, 0.25) is 5.02 Å². The number of benzene rings is 3. The maximum absolute atomic E-state index is 12.8. The van der Waals surface area contributed by atoms with Crippen LogP contribution >= 0.6 is 11.6 Å². The van der Waals surface area contributed by atoms with E-state index >= 15 is 0 Å². The molecule has 1 amide bonds. The number of carbonyl (C=O) groups is 1. The molecule has 190 valence electrons. The summed E-state index contributed by atoms with van der Waals surface area (Å²) in [5.41, 5.74) is 1.03. The number of para-hydroxylation sites is 1. The molecule has 0 heterocycles. The fourth-order valence-corrected chi connectivity index (χ4v) is 5.65. The van der Waals surface area contributed by atoms with Crippen LogP contribution in [0.15, 0.2) is 71.6 Å². The number of halogens is 1. The van der Waals surface area contributed by atoms with E-state index in [0.29, 0.717) is 33.5 Å². The lowest BCUT2D eigenvalue weighted by Gasteiger charge is -2.22. The van der Waals surface area contributed by atoms with E-state index in [1.54, 1.807) is 49.4 Å². The average Bonchev–Trinajstić information content (AvgIpc) is 2.86. The Labute approximate surface area is 216 Å². The summed E-state index contributed by atoms with van der Waals surface area (Å²) in [5.74, 6) is 1.07. The number of carbonyl (C=O) groups excluding carboxylic acids is 1. The number of aryl methyl sites for hydroxylation is 1. The zero-order valence-corrected chi connectivity index (χ0v) is 21.6. The van der Waals surface area contributed by atoms with Crippen LogP contribution in [-0.4, -0.2) is 27.0 Å². The molecule has 3 aromatic rings. The summed E-state index contributed by atoms with van der Waals surface area (Å²) in [4.78, 5) is 12.8. The quantitative estimate of drug-likeness (QED) is 0.351. The van der Waals surface area contributed by atoms with Gasteiger partial charge in [0.1, 0.15) is 11.5 Å². The SMILES string of the molecule is Cc1cc(S(=O)(=O)NC2CCCCC2)ccc1OCC(=O)Nc1cc(Cl)ccc1Oc1ccccc1. The first-order valence-electron chi connectivity index (χ1n) is 11.9. The van der Waals surface area contributed by atoms with Crippen molar-refractivity contribution in [2.75, 3.05) is 11.9 Å². The molecule has 3 aromatic carbocycles. The van der Waals surface area contributed by atoms with Gasteiger partial charge in [-0.05, 0) is 73.9 Å². The van der Waals surface area contributed by atoms with Gasteiger partial charge >= 0.3 is 0 Å². The minimum atomic E-state index is -3.62. The molecule has 1 aliphatic rings. The van der Waals surface area contributed by atoms with Crippen LogP contribution in [0.5, 0.6) is 17.2 Å². The van der Waals surface area contributed by atoms with Crippen LogP contribution in [0.4, 0.5) is 5.69 Å². The second-order valence-electron chi connectivity index (χ2n) is 8.78. The van der Waals surface area contributed by atoms with Crippen LogP contribution < -0.4 is 19.5 Å². The molecule has 1 saturated carbocycles. The van der Waals surface area contributed by atoms with Gasteiger partial charge in [-0.25, -0.2) is 13.1 Å². The summed E-state index contributed by atoms with van der Waals surface area (Å²) >= 11 is 6.12. The summed E-state index contributed by atoms with van der Waals surface area (Å²) in [6.45, 7) is 1.47. The van der Waals surface area contributed by atoms with Crippen molar-refractivity contribution in [2.24, 2.45) is 0 Å². The monoisotopic (exact) mass is 528 g/mol. The van der Waals surface area contributed by atoms with Crippen LogP contribution in [-0.2, 0) is 14.8 Å². The van der Waals surface area contributed by atoms with Crippen LogP contribution in [0.1, 0.15) is 37.7 Å². The first-order valence-corrected chi connectivity index (χ1v) is 13.7. The van der Waals surface area contributed by atoms with Gasteiger partial charge in [-0.1, -0.05) is 49.1 Å². The van der Waals surface area contributed by atoms with Crippen molar-refractivity contribution in [1.29, 1.82) is 0 Å². The standard InChI is InChI=1S/C27H29ClN2O5S/c1-19-16-23(36(32,33)30-21-8-4-2-5-9-21)13-15-25(19)34-18-27(31)29-24-17-20(28)12-14-26(24)35-22-10-6-3-7-11-22/h3,6-7,10-17,21,30H,2,4-5,8-9,18H2,1H3,(H,29,31). The zero-order chi connectivity index (χ0) is 25.5. The van der Waals surface area contributed by atoms with E-state index in [1.165, 1.54) is 6.07 Å². The first kappa shape index (κ1) is 26.0. The van der Waals surface area contributed by atoms with Gasteiger partial charge in [0.25, 0.3) is 5.91 Å². The van der Waals surface area contributed by atoms with Gasteiger partial charge in [0.05, 0.1) is 10.6 Å². The second-order valence-corrected chi connectivity index (χ2v) is 10.9. The molecule has 9 heteroatoms. The van der Waals surface area contributed by atoms with E-state index in [9.17, 15) is 13.2 Å². The van der Waals surface area contributed by atoms with Crippen molar-refractivity contribution in [3.05, 3.63) is 77.3 Å². The Bertz CT molecular complexity index is 1310. The summed E-state index contributed by atoms with van der Waals surface area (Å²) in [6, 6.07) is 18.7. The number of rotatable bonds is 9. The Kier molecular flexibility index (Phi) is 8.51. The molecule has 1 aliphatic carbocycles. The molecule has 0 unspecified atom stereocenters. The molecule has 0 spiro atoms. The van der Waals surface area contributed by atoms with E-state index in [2.05, 4.69) is 10.0 Å². The Morgan fingerprint density at radius 2 is 1.69 bits per heavy atom. The summed E-state index contributed by atoms with van der Waals surface area (Å²) < 4.78 is 39.9. The van der Waals surface area contributed by atoms with Crippen LogP contribution in [0, 0.1) is 6.92 Å². The Balaban J connectivity index is 1.38. The van der Waals surface area contributed by atoms with E-state index in [-0.39, 0.29) is 17.5 Å². The number of hydrogen-bond donors (Lipinski definition) is 2. The van der Waals surface area contributed by atoms with Crippen molar-refractivity contribution in [3.8, 4) is 17.2 Å². The fourth-order valence-electron chi connectivity index (χ4n) is 4.09. The van der Waals surface area contributed by atoms with Crippen molar-refractivity contribution in [2.45, 2.75) is 50.0 Å². The first-order chi connectivity index (χ1) is 17.3. The zero-order valence-electron chi connectivity index (χ0n) is 20.0. The Hall–Kier alpha value is -3.07. The van der Waals surface area contributed by atoms with Gasteiger partial charge in [-0.3, -0.25) is 4.79 Å². The van der Waals surface area contributed by atoms with E-state index in [0.717, 1.165) is 32.1 Å². The molecule has 0 aromatic heterocycles. The molecule has 0 radical (unpaired) electrons. The van der Waals surface area contributed by atoms with Gasteiger partial charge in [-0.15, -0.1) is 0 Å². The molecule has 0 atom stereocenters. The summed E-state index contributed by atoms with van der Waals surface area (Å²) in [5, 5.41) is 3.21. The largest absolute Gasteiger partial charge is 0.483 e. The predicted molar refractivity (Wildman–Crippen MR) is 140 cm³/mol. The van der Waals surface area contributed by atoms with E-state index in [1.807, 2.05) is 18.2 Å². The number of hydrogen-bond acceptors (Lipinski definition) is 5. The van der Waals surface area contributed by atoms with Gasteiger partial charge in [0.15, 0.2) is 12.4 Å². The van der Waals surface area contributed by atoms with Gasteiger partial charge in [0, 0.05) is 11.1 Å². The minimum absolute atomic E-state index is 0.0223. The van der Waals surface area contributed by atoms with Gasteiger partial charge in [-0.2, -0.15) is 0 Å².